The molecule has 1 aromatic carbocycles. The Hall–Kier alpha value is -1.75. The van der Waals surface area contributed by atoms with Crippen LogP contribution in [-0.2, 0) is 4.79 Å². The smallest absolute Gasteiger partial charge is 0.231 e. The third-order valence-corrected chi connectivity index (χ3v) is 4.05. The van der Waals surface area contributed by atoms with Crippen molar-refractivity contribution < 1.29 is 19.0 Å². The van der Waals surface area contributed by atoms with Crippen LogP contribution in [0.5, 0.6) is 17.2 Å². The second-order valence-electron chi connectivity index (χ2n) is 5.30. The first-order valence-corrected chi connectivity index (χ1v) is 6.90. The Morgan fingerprint density at radius 1 is 1.40 bits per heavy atom. The largest absolute Gasteiger partial charge is 0.493 e. The van der Waals surface area contributed by atoms with Gasteiger partial charge in [-0.3, -0.25) is 4.79 Å². The molecule has 2 aliphatic rings. The molecule has 20 heavy (non-hydrogen) atoms. The van der Waals surface area contributed by atoms with Crippen molar-refractivity contribution in [3.8, 4) is 17.2 Å². The molecule has 108 valence electrons. The van der Waals surface area contributed by atoms with E-state index in [9.17, 15) is 4.79 Å². The predicted octanol–water partition coefficient (Wildman–Crippen LogP) is 1.85. The number of Topliss-reactive ketones (excluding diaryl/α,β-unsaturated/α-hetero) is 1. The van der Waals surface area contributed by atoms with Gasteiger partial charge in [-0.2, -0.15) is 0 Å². The summed E-state index contributed by atoms with van der Waals surface area (Å²) in [5.74, 6) is 2.65. The highest BCUT2D eigenvalue weighted by molar-refractivity contribution is 5.81. The van der Waals surface area contributed by atoms with Crippen molar-refractivity contribution >= 4 is 5.78 Å². The van der Waals surface area contributed by atoms with Gasteiger partial charge in [-0.25, -0.2) is 0 Å². The minimum atomic E-state index is -0.0508. The van der Waals surface area contributed by atoms with Crippen LogP contribution in [0, 0.1) is 0 Å². The molecule has 2 unspecified atom stereocenters. The quantitative estimate of drug-likeness (QED) is 0.913. The van der Waals surface area contributed by atoms with Crippen LogP contribution in [0.15, 0.2) is 12.1 Å². The molecular formula is C15H19NO4. The number of ketones is 1. The molecule has 0 bridgehead atoms. The molecular weight excluding hydrogens is 258 g/mol. The molecule has 2 atom stereocenters. The van der Waals surface area contributed by atoms with Gasteiger partial charge < -0.3 is 19.5 Å². The molecule has 0 aromatic heterocycles. The Balaban J connectivity index is 1.88. The van der Waals surface area contributed by atoms with Crippen LogP contribution in [0.25, 0.3) is 0 Å². The van der Waals surface area contributed by atoms with Gasteiger partial charge in [-0.15, -0.1) is 0 Å². The van der Waals surface area contributed by atoms with E-state index in [0.717, 1.165) is 30.7 Å². The summed E-state index contributed by atoms with van der Waals surface area (Å²) in [7, 11) is 1.63. The lowest BCUT2D eigenvalue weighted by Crippen LogP contribution is -2.41. The highest BCUT2D eigenvalue weighted by Crippen LogP contribution is 2.44. The van der Waals surface area contributed by atoms with Crippen LogP contribution in [0.2, 0.25) is 0 Å². The van der Waals surface area contributed by atoms with E-state index in [0.29, 0.717) is 17.4 Å². The highest BCUT2D eigenvalue weighted by atomic mass is 16.7. The second kappa shape index (κ2) is 5.32. The first-order valence-electron chi connectivity index (χ1n) is 6.90. The zero-order valence-corrected chi connectivity index (χ0v) is 11.8. The number of rotatable bonds is 3. The Morgan fingerprint density at radius 3 is 3.00 bits per heavy atom. The van der Waals surface area contributed by atoms with E-state index in [4.69, 9.17) is 14.2 Å². The van der Waals surface area contributed by atoms with E-state index in [1.807, 2.05) is 12.1 Å². The van der Waals surface area contributed by atoms with E-state index < -0.39 is 0 Å². The van der Waals surface area contributed by atoms with E-state index >= 15 is 0 Å². The predicted molar refractivity (Wildman–Crippen MR) is 73.6 cm³/mol. The summed E-state index contributed by atoms with van der Waals surface area (Å²) in [6.45, 7) is 2.73. The number of fused-ring (bicyclic) bond motifs is 1. The molecule has 1 fully saturated rings. The highest BCUT2D eigenvalue weighted by Gasteiger charge is 2.28. The molecule has 0 spiro atoms. The number of carbonyl (C=O) groups excluding carboxylic acids is 1. The summed E-state index contributed by atoms with van der Waals surface area (Å²) < 4.78 is 16.2. The zero-order valence-electron chi connectivity index (χ0n) is 11.8. The lowest BCUT2D eigenvalue weighted by Gasteiger charge is -2.29. The van der Waals surface area contributed by atoms with Crippen molar-refractivity contribution in [3.63, 3.8) is 0 Å². The third-order valence-electron chi connectivity index (χ3n) is 4.05. The van der Waals surface area contributed by atoms with Crippen LogP contribution in [0.3, 0.4) is 0 Å². The average molecular weight is 277 g/mol. The maximum Gasteiger partial charge on any atom is 0.231 e. The Morgan fingerprint density at radius 2 is 2.25 bits per heavy atom. The van der Waals surface area contributed by atoms with Crippen LogP contribution in [-0.4, -0.2) is 32.3 Å². The molecule has 0 saturated carbocycles. The van der Waals surface area contributed by atoms with Crippen LogP contribution in [0.4, 0.5) is 0 Å². The number of ether oxygens (including phenoxy) is 3. The number of nitrogens with one attached hydrogen (secondary N) is 1. The van der Waals surface area contributed by atoms with Crippen LogP contribution in [0.1, 0.15) is 31.2 Å². The van der Waals surface area contributed by atoms with Crippen molar-refractivity contribution in [2.45, 2.75) is 31.7 Å². The summed E-state index contributed by atoms with van der Waals surface area (Å²) in [6, 6.07) is 3.96. The standard InChI is InChI=1S/C15H19NO4/c1-9(17)12-5-10(3-4-16-12)11-6-13(18-2)15-14(7-11)19-8-20-15/h6-7,10,12,16H,3-5,8H2,1-2H3. The van der Waals surface area contributed by atoms with Gasteiger partial charge in [0.25, 0.3) is 0 Å². The van der Waals surface area contributed by atoms with Gasteiger partial charge in [0.15, 0.2) is 11.5 Å². The summed E-state index contributed by atoms with van der Waals surface area (Å²) >= 11 is 0. The summed E-state index contributed by atoms with van der Waals surface area (Å²) in [5, 5.41) is 3.26. The van der Waals surface area contributed by atoms with E-state index in [1.54, 1.807) is 14.0 Å². The number of hydrogen-bond donors (Lipinski definition) is 1. The molecule has 1 N–H and O–H groups in total. The fraction of sp³-hybridized carbons (Fsp3) is 0.533. The van der Waals surface area contributed by atoms with Crippen molar-refractivity contribution in [1.29, 1.82) is 0 Å². The average Bonchev–Trinajstić information content (AvgIpc) is 2.94. The molecule has 2 aliphatic heterocycles. The summed E-state index contributed by atoms with van der Waals surface area (Å²) in [6.07, 6.45) is 1.82. The van der Waals surface area contributed by atoms with Gasteiger partial charge >= 0.3 is 0 Å². The van der Waals surface area contributed by atoms with Crippen molar-refractivity contribution in [2.75, 3.05) is 20.4 Å². The molecule has 0 amide bonds. The van der Waals surface area contributed by atoms with E-state index in [1.165, 1.54) is 0 Å². The zero-order chi connectivity index (χ0) is 14.1. The van der Waals surface area contributed by atoms with Gasteiger partial charge in [0.1, 0.15) is 5.78 Å². The Kier molecular flexibility index (Phi) is 3.53. The molecule has 5 nitrogen and oxygen atoms in total. The molecule has 0 aliphatic carbocycles. The maximum atomic E-state index is 11.6. The first kappa shape index (κ1) is 13.2. The van der Waals surface area contributed by atoms with Crippen LogP contribution < -0.4 is 19.5 Å². The first-order chi connectivity index (χ1) is 9.69. The number of benzene rings is 1. The van der Waals surface area contributed by atoms with Gasteiger partial charge in [0, 0.05) is 0 Å². The fourth-order valence-corrected chi connectivity index (χ4v) is 2.92. The lowest BCUT2D eigenvalue weighted by molar-refractivity contribution is -0.119. The number of carbonyl (C=O) groups is 1. The monoisotopic (exact) mass is 277 g/mol. The second-order valence-corrected chi connectivity index (χ2v) is 5.30. The summed E-state index contributed by atoms with van der Waals surface area (Å²) in [4.78, 5) is 11.6. The van der Waals surface area contributed by atoms with Gasteiger partial charge in [0.05, 0.1) is 13.2 Å². The SMILES string of the molecule is COc1cc(C2CCNC(C(C)=O)C2)cc2c1OCO2. The molecule has 1 aromatic rings. The topological polar surface area (TPSA) is 56.8 Å². The molecule has 2 heterocycles. The number of hydrogen-bond acceptors (Lipinski definition) is 5. The number of piperidine rings is 1. The fourth-order valence-electron chi connectivity index (χ4n) is 2.92. The molecule has 0 radical (unpaired) electrons. The van der Waals surface area contributed by atoms with E-state index in [-0.39, 0.29) is 18.6 Å². The van der Waals surface area contributed by atoms with E-state index in [2.05, 4.69) is 5.32 Å². The van der Waals surface area contributed by atoms with Gasteiger partial charge in [0.2, 0.25) is 12.5 Å². The van der Waals surface area contributed by atoms with Gasteiger partial charge in [-0.05, 0) is 49.9 Å². The van der Waals surface area contributed by atoms with Crippen molar-refractivity contribution in [3.05, 3.63) is 17.7 Å². The Labute approximate surface area is 118 Å². The lowest BCUT2D eigenvalue weighted by atomic mass is 9.85. The minimum absolute atomic E-state index is 0.0508. The summed E-state index contributed by atoms with van der Waals surface area (Å²) in [5.41, 5.74) is 1.15. The minimum Gasteiger partial charge on any atom is -0.493 e. The van der Waals surface area contributed by atoms with Crippen molar-refractivity contribution in [2.24, 2.45) is 0 Å². The molecule has 1 saturated heterocycles. The normalized spacial score (nSPS) is 24.5. The van der Waals surface area contributed by atoms with Gasteiger partial charge in [-0.1, -0.05) is 0 Å². The molecule has 5 heteroatoms. The maximum absolute atomic E-state index is 11.6. The third kappa shape index (κ3) is 2.33. The molecule has 3 rings (SSSR count). The number of methoxy groups -OCH3 is 1. The van der Waals surface area contributed by atoms with Crippen LogP contribution >= 0.6 is 0 Å². The van der Waals surface area contributed by atoms with Crippen molar-refractivity contribution in [1.82, 2.24) is 5.32 Å². The Bertz CT molecular complexity index is 529.